The van der Waals surface area contributed by atoms with Crippen LogP contribution in [0.5, 0.6) is 5.75 Å². The van der Waals surface area contributed by atoms with Crippen LogP contribution in [0.2, 0.25) is 0 Å². The summed E-state index contributed by atoms with van der Waals surface area (Å²) in [5.74, 6) is 0.238. The monoisotopic (exact) mass is 376 g/mol. The van der Waals surface area contributed by atoms with Crippen LogP contribution in [0.3, 0.4) is 0 Å². The van der Waals surface area contributed by atoms with E-state index in [1.54, 1.807) is 24.3 Å². The van der Waals surface area contributed by atoms with Gasteiger partial charge in [0.25, 0.3) is 0 Å². The number of ether oxygens (including phenoxy) is 1. The van der Waals surface area contributed by atoms with Crippen LogP contribution in [0, 0.1) is 13.8 Å². The number of hydrogen-bond acceptors (Lipinski definition) is 4. The van der Waals surface area contributed by atoms with Crippen LogP contribution in [0.15, 0.2) is 42.5 Å². The lowest BCUT2D eigenvalue weighted by Gasteiger charge is -2.22. The van der Waals surface area contributed by atoms with Crippen LogP contribution < -0.4 is 14.4 Å². The minimum atomic E-state index is -3.62. The van der Waals surface area contributed by atoms with Crippen molar-refractivity contribution < 1.29 is 17.9 Å². The van der Waals surface area contributed by atoms with E-state index in [9.17, 15) is 13.2 Å². The number of rotatable bonds is 7. The third-order valence-corrected chi connectivity index (χ3v) is 4.93. The molecule has 0 saturated heterocycles. The van der Waals surface area contributed by atoms with Crippen molar-refractivity contribution in [3.05, 3.63) is 53.6 Å². The van der Waals surface area contributed by atoms with Gasteiger partial charge in [-0.25, -0.2) is 8.42 Å². The zero-order valence-electron chi connectivity index (χ0n) is 15.4. The summed E-state index contributed by atoms with van der Waals surface area (Å²) in [6.45, 7) is 5.90. The molecular formula is C19H24N2O4S. The lowest BCUT2D eigenvalue weighted by atomic mass is 10.1. The second-order valence-corrected chi connectivity index (χ2v) is 7.97. The second kappa shape index (κ2) is 8.23. The highest BCUT2D eigenvalue weighted by Crippen LogP contribution is 2.22. The Hall–Kier alpha value is -2.54. The smallest absolute Gasteiger partial charge is 0.245 e. The van der Waals surface area contributed by atoms with Crippen molar-refractivity contribution in [2.45, 2.75) is 20.8 Å². The molecule has 0 unspecified atom stereocenters. The quantitative estimate of drug-likeness (QED) is 0.806. The number of sulfonamides is 1. The molecule has 0 spiro atoms. The number of carbonyl (C=O) groups excluding carboxylic acids is 1. The Morgan fingerprint density at radius 2 is 1.77 bits per heavy atom. The Balaban J connectivity index is 2.20. The third kappa shape index (κ3) is 5.23. The first kappa shape index (κ1) is 19.8. The van der Waals surface area contributed by atoms with Gasteiger partial charge >= 0.3 is 0 Å². The van der Waals surface area contributed by atoms with Gasteiger partial charge in [-0.2, -0.15) is 0 Å². The summed E-state index contributed by atoms with van der Waals surface area (Å²) in [5, 5.41) is 2.79. The fourth-order valence-electron chi connectivity index (χ4n) is 2.47. The summed E-state index contributed by atoms with van der Waals surface area (Å²) in [4.78, 5) is 12.4. The first-order valence-electron chi connectivity index (χ1n) is 8.28. The molecule has 6 nitrogen and oxygen atoms in total. The van der Waals surface area contributed by atoms with Crippen molar-refractivity contribution in [1.29, 1.82) is 0 Å². The average Bonchev–Trinajstić information content (AvgIpc) is 2.56. The fourth-order valence-corrected chi connectivity index (χ4v) is 3.32. The van der Waals surface area contributed by atoms with Crippen LogP contribution in [-0.2, 0) is 14.8 Å². The van der Waals surface area contributed by atoms with E-state index in [1.165, 1.54) is 0 Å². The Bertz CT molecular complexity index is 877. The number of carbonyl (C=O) groups is 1. The molecule has 1 N–H and O–H groups in total. The first-order chi connectivity index (χ1) is 12.2. The SMILES string of the molecule is CCOc1ccc(N(CC(=O)Nc2cc(C)ccc2C)S(C)(=O)=O)cc1. The van der Waals surface area contributed by atoms with Crippen LogP contribution in [0.25, 0.3) is 0 Å². The molecule has 0 aromatic heterocycles. The number of hydrogen-bond donors (Lipinski definition) is 1. The lowest BCUT2D eigenvalue weighted by Crippen LogP contribution is -2.37. The summed E-state index contributed by atoms with van der Waals surface area (Å²) in [5.41, 5.74) is 3.01. The molecule has 140 valence electrons. The summed E-state index contributed by atoms with van der Waals surface area (Å²) in [7, 11) is -3.62. The number of aryl methyl sites for hydroxylation is 2. The van der Waals surface area contributed by atoms with Gasteiger partial charge in [0, 0.05) is 5.69 Å². The molecule has 0 aliphatic rings. The maximum atomic E-state index is 12.4. The van der Waals surface area contributed by atoms with Gasteiger partial charge in [-0.3, -0.25) is 9.10 Å². The van der Waals surface area contributed by atoms with Crippen LogP contribution in [0.1, 0.15) is 18.1 Å². The Kier molecular flexibility index (Phi) is 6.26. The number of nitrogens with one attached hydrogen (secondary N) is 1. The molecule has 0 aliphatic carbocycles. The van der Waals surface area contributed by atoms with E-state index >= 15 is 0 Å². The van der Waals surface area contributed by atoms with Gasteiger partial charge in [0.2, 0.25) is 15.9 Å². The van der Waals surface area contributed by atoms with E-state index in [1.807, 2.05) is 39.0 Å². The average molecular weight is 376 g/mol. The summed E-state index contributed by atoms with van der Waals surface area (Å²) < 4.78 is 30.8. The molecule has 0 bridgehead atoms. The molecule has 7 heteroatoms. The van der Waals surface area contributed by atoms with Crippen LogP contribution >= 0.6 is 0 Å². The molecule has 0 radical (unpaired) electrons. The van der Waals surface area contributed by atoms with E-state index in [-0.39, 0.29) is 6.54 Å². The van der Waals surface area contributed by atoms with Crippen molar-refractivity contribution in [1.82, 2.24) is 0 Å². The zero-order chi connectivity index (χ0) is 19.3. The molecule has 26 heavy (non-hydrogen) atoms. The number of benzene rings is 2. The van der Waals surface area contributed by atoms with Crippen molar-refractivity contribution in [2.24, 2.45) is 0 Å². The molecular weight excluding hydrogens is 352 g/mol. The van der Waals surface area contributed by atoms with E-state index in [2.05, 4.69) is 5.32 Å². The highest BCUT2D eigenvalue weighted by Gasteiger charge is 2.21. The van der Waals surface area contributed by atoms with Gasteiger partial charge in [0.15, 0.2) is 0 Å². The zero-order valence-corrected chi connectivity index (χ0v) is 16.3. The molecule has 2 aromatic rings. The molecule has 0 atom stereocenters. The van der Waals surface area contributed by atoms with Gasteiger partial charge in [0.05, 0.1) is 18.6 Å². The molecule has 2 rings (SSSR count). The van der Waals surface area contributed by atoms with Gasteiger partial charge < -0.3 is 10.1 Å². The van der Waals surface area contributed by atoms with Crippen LogP contribution in [-0.4, -0.2) is 33.7 Å². The van der Waals surface area contributed by atoms with E-state index in [0.717, 1.165) is 21.7 Å². The van der Waals surface area contributed by atoms with Crippen molar-refractivity contribution >= 4 is 27.3 Å². The summed E-state index contributed by atoms with van der Waals surface area (Å²) in [6, 6.07) is 12.3. The minimum Gasteiger partial charge on any atom is -0.494 e. The predicted molar refractivity (Wildman–Crippen MR) is 104 cm³/mol. The van der Waals surface area contributed by atoms with Crippen molar-refractivity contribution in [3.63, 3.8) is 0 Å². The maximum Gasteiger partial charge on any atom is 0.245 e. The highest BCUT2D eigenvalue weighted by atomic mass is 32.2. The molecule has 0 heterocycles. The predicted octanol–water partition coefficient (Wildman–Crippen LogP) is 3.11. The summed E-state index contributed by atoms with van der Waals surface area (Å²) >= 11 is 0. The first-order valence-corrected chi connectivity index (χ1v) is 10.1. The van der Waals surface area contributed by atoms with Gasteiger partial charge in [-0.15, -0.1) is 0 Å². The lowest BCUT2D eigenvalue weighted by molar-refractivity contribution is -0.114. The molecule has 0 aliphatic heterocycles. The topological polar surface area (TPSA) is 75.7 Å². The van der Waals surface area contributed by atoms with Gasteiger partial charge in [0.1, 0.15) is 12.3 Å². The van der Waals surface area contributed by atoms with E-state index < -0.39 is 15.9 Å². The van der Waals surface area contributed by atoms with E-state index in [4.69, 9.17) is 4.74 Å². The molecule has 2 aromatic carbocycles. The Labute approximate surface area is 154 Å². The molecule has 1 amide bonds. The number of amides is 1. The second-order valence-electron chi connectivity index (χ2n) is 6.06. The van der Waals surface area contributed by atoms with Gasteiger partial charge in [-0.05, 0) is 62.2 Å². The minimum absolute atomic E-state index is 0.305. The normalized spacial score (nSPS) is 11.1. The third-order valence-electron chi connectivity index (χ3n) is 3.79. The largest absolute Gasteiger partial charge is 0.494 e. The molecule has 0 saturated carbocycles. The molecule has 0 fully saturated rings. The standard InChI is InChI=1S/C19H24N2O4S/c1-5-25-17-10-8-16(9-11-17)21(26(4,23)24)13-19(22)20-18-12-14(2)6-7-15(18)3/h6-12H,5,13H2,1-4H3,(H,20,22). The summed E-state index contributed by atoms with van der Waals surface area (Å²) in [6.07, 6.45) is 1.08. The highest BCUT2D eigenvalue weighted by molar-refractivity contribution is 7.92. The number of nitrogens with zero attached hydrogens (tertiary/aromatic N) is 1. The number of anilines is 2. The van der Waals surface area contributed by atoms with Crippen molar-refractivity contribution in [3.8, 4) is 5.75 Å². The Morgan fingerprint density at radius 3 is 2.35 bits per heavy atom. The van der Waals surface area contributed by atoms with Gasteiger partial charge in [-0.1, -0.05) is 12.1 Å². The maximum absolute atomic E-state index is 12.4. The fraction of sp³-hybridized carbons (Fsp3) is 0.316. The van der Waals surface area contributed by atoms with E-state index in [0.29, 0.717) is 23.7 Å². The van der Waals surface area contributed by atoms with Crippen LogP contribution in [0.4, 0.5) is 11.4 Å². The van der Waals surface area contributed by atoms with Crippen molar-refractivity contribution in [2.75, 3.05) is 29.0 Å². The Morgan fingerprint density at radius 1 is 1.12 bits per heavy atom.